The molecule has 2 aromatic carbocycles. The lowest BCUT2D eigenvalue weighted by molar-refractivity contribution is -0.115. The molecule has 1 heterocycles. The summed E-state index contributed by atoms with van der Waals surface area (Å²) in [5.41, 5.74) is 0.859. The van der Waals surface area contributed by atoms with E-state index < -0.39 is 17.5 Å². The average molecular weight is 334 g/mol. The summed E-state index contributed by atoms with van der Waals surface area (Å²) in [4.78, 5) is 24.7. The zero-order valence-corrected chi connectivity index (χ0v) is 12.8. The van der Waals surface area contributed by atoms with Crippen LogP contribution in [-0.2, 0) is 4.79 Å². The van der Waals surface area contributed by atoms with Gasteiger partial charge in [-0.1, -0.05) is 0 Å². The molecule has 1 atom stereocenters. The number of benzene rings is 2. The Kier molecular flexibility index (Phi) is 4.04. The molecule has 0 radical (unpaired) electrons. The SMILES string of the molecule is CC1Sc2ccc(C(=O)Nc3cc(F)cc(F)c3)cc2NC1=O. The van der Waals surface area contributed by atoms with Gasteiger partial charge in [0.15, 0.2) is 0 Å². The molecule has 0 aromatic heterocycles. The molecule has 0 spiro atoms. The molecule has 1 unspecified atom stereocenters. The van der Waals surface area contributed by atoms with E-state index in [9.17, 15) is 18.4 Å². The van der Waals surface area contributed by atoms with Crippen molar-refractivity contribution in [2.24, 2.45) is 0 Å². The molecule has 23 heavy (non-hydrogen) atoms. The Hall–Kier alpha value is -2.41. The van der Waals surface area contributed by atoms with Gasteiger partial charge >= 0.3 is 0 Å². The van der Waals surface area contributed by atoms with Gasteiger partial charge in [-0.15, -0.1) is 11.8 Å². The van der Waals surface area contributed by atoms with E-state index in [1.54, 1.807) is 19.1 Å². The minimum atomic E-state index is -0.775. The zero-order chi connectivity index (χ0) is 16.6. The Morgan fingerprint density at radius 3 is 2.57 bits per heavy atom. The number of nitrogens with one attached hydrogen (secondary N) is 2. The summed E-state index contributed by atoms with van der Waals surface area (Å²) in [6.45, 7) is 1.79. The van der Waals surface area contributed by atoms with Gasteiger partial charge < -0.3 is 10.6 Å². The molecule has 0 saturated heterocycles. The molecule has 4 nitrogen and oxygen atoms in total. The van der Waals surface area contributed by atoms with E-state index in [1.165, 1.54) is 17.8 Å². The van der Waals surface area contributed by atoms with Gasteiger partial charge in [0, 0.05) is 22.2 Å². The molecule has 2 N–H and O–H groups in total. The fourth-order valence-electron chi connectivity index (χ4n) is 2.18. The summed E-state index contributed by atoms with van der Waals surface area (Å²) in [6, 6.07) is 7.65. The van der Waals surface area contributed by atoms with Gasteiger partial charge in [-0.25, -0.2) is 8.78 Å². The molecule has 0 fully saturated rings. The van der Waals surface area contributed by atoms with Crippen molar-refractivity contribution in [3.05, 3.63) is 53.6 Å². The van der Waals surface area contributed by atoms with E-state index in [4.69, 9.17) is 0 Å². The third-order valence-corrected chi connectivity index (χ3v) is 4.47. The number of thioether (sulfide) groups is 1. The Morgan fingerprint density at radius 1 is 1.17 bits per heavy atom. The molecule has 1 aliphatic rings. The van der Waals surface area contributed by atoms with Crippen LogP contribution in [0, 0.1) is 11.6 Å². The highest BCUT2D eigenvalue weighted by Crippen LogP contribution is 2.36. The van der Waals surface area contributed by atoms with Crippen molar-refractivity contribution >= 4 is 35.0 Å². The van der Waals surface area contributed by atoms with Crippen LogP contribution in [0.5, 0.6) is 0 Å². The smallest absolute Gasteiger partial charge is 0.255 e. The minimum Gasteiger partial charge on any atom is -0.324 e. The largest absolute Gasteiger partial charge is 0.324 e. The Bertz CT molecular complexity index is 790. The predicted molar refractivity (Wildman–Crippen MR) is 84.7 cm³/mol. The van der Waals surface area contributed by atoms with Crippen molar-refractivity contribution in [1.82, 2.24) is 0 Å². The highest BCUT2D eigenvalue weighted by molar-refractivity contribution is 8.00. The van der Waals surface area contributed by atoms with Crippen LogP contribution in [0.1, 0.15) is 17.3 Å². The summed E-state index contributed by atoms with van der Waals surface area (Å²) in [5.74, 6) is -2.20. The summed E-state index contributed by atoms with van der Waals surface area (Å²) < 4.78 is 26.3. The van der Waals surface area contributed by atoms with Crippen molar-refractivity contribution in [2.45, 2.75) is 17.1 Å². The van der Waals surface area contributed by atoms with Gasteiger partial charge in [-0.2, -0.15) is 0 Å². The fourth-order valence-corrected chi connectivity index (χ4v) is 3.11. The van der Waals surface area contributed by atoms with Crippen molar-refractivity contribution < 1.29 is 18.4 Å². The number of fused-ring (bicyclic) bond motifs is 1. The van der Waals surface area contributed by atoms with Crippen LogP contribution in [0.15, 0.2) is 41.3 Å². The van der Waals surface area contributed by atoms with Crippen LogP contribution in [0.3, 0.4) is 0 Å². The first-order valence-electron chi connectivity index (χ1n) is 6.81. The van der Waals surface area contributed by atoms with Gasteiger partial charge in [-0.05, 0) is 37.3 Å². The summed E-state index contributed by atoms with van der Waals surface area (Å²) in [6.07, 6.45) is 0. The zero-order valence-electron chi connectivity index (χ0n) is 12.0. The van der Waals surface area contributed by atoms with Gasteiger partial charge in [0.25, 0.3) is 5.91 Å². The molecule has 2 amide bonds. The van der Waals surface area contributed by atoms with Crippen molar-refractivity contribution in [3.8, 4) is 0 Å². The molecule has 0 saturated carbocycles. The molecular formula is C16H12F2N2O2S. The lowest BCUT2D eigenvalue weighted by atomic mass is 10.1. The van der Waals surface area contributed by atoms with E-state index in [2.05, 4.69) is 10.6 Å². The minimum absolute atomic E-state index is 0.0252. The van der Waals surface area contributed by atoms with Gasteiger partial charge in [0.2, 0.25) is 5.91 Å². The van der Waals surface area contributed by atoms with E-state index in [0.717, 1.165) is 23.1 Å². The molecule has 0 aliphatic carbocycles. The maximum atomic E-state index is 13.1. The van der Waals surface area contributed by atoms with Gasteiger partial charge in [0.1, 0.15) is 11.6 Å². The number of hydrogen-bond donors (Lipinski definition) is 2. The Labute approximate surface area is 135 Å². The second-order valence-corrected chi connectivity index (χ2v) is 6.46. The predicted octanol–water partition coefficient (Wildman–Crippen LogP) is 3.65. The number of carbonyl (C=O) groups is 2. The lowest BCUT2D eigenvalue weighted by Gasteiger charge is -2.21. The average Bonchev–Trinajstić information content (AvgIpc) is 2.47. The van der Waals surface area contributed by atoms with Crippen LogP contribution >= 0.6 is 11.8 Å². The molecule has 0 bridgehead atoms. The maximum Gasteiger partial charge on any atom is 0.255 e. The second kappa shape index (κ2) is 6.00. The van der Waals surface area contributed by atoms with Crippen LogP contribution in [0.2, 0.25) is 0 Å². The molecule has 118 valence electrons. The molecular weight excluding hydrogens is 322 g/mol. The molecule has 2 aromatic rings. The Morgan fingerprint density at radius 2 is 1.87 bits per heavy atom. The highest BCUT2D eigenvalue weighted by atomic mass is 32.2. The van der Waals surface area contributed by atoms with Gasteiger partial charge in [-0.3, -0.25) is 9.59 Å². The van der Waals surface area contributed by atoms with Gasteiger partial charge in [0.05, 0.1) is 10.9 Å². The van der Waals surface area contributed by atoms with Crippen molar-refractivity contribution in [2.75, 3.05) is 10.6 Å². The third-order valence-electron chi connectivity index (χ3n) is 3.29. The van der Waals surface area contributed by atoms with Crippen molar-refractivity contribution in [1.29, 1.82) is 0 Å². The first kappa shape index (κ1) is 15.5. The van der Waals surface area contributed by atoms with Crippen LogP contribution < -0.4 is 10.6 Å². The number of hydrogen-bond acceptors (Lipinski definition) is 3. The first-order valence-corrected chi connectivity index (χ1v) is 7.69. The van der Waals surface area contributed by atoms with Crippen LogP contribution in [0.4, 0.5) is 20.2 Å². The number of amides is 2. The topological polar surface area (TPSA) is 58.2 Å². The third kappa shape index (κ3) is 3.34. The number of halogens is 2. The fraction of sp³-hybridized carbons (Fsp3) is 0.125. The summed E-state index contributed by atoms with van der Waals surface area (Å²) in [7, 11) is 0. The first-order chi connectivity index (χ1) is 10.9. The maximum absolute atomic E-state index is 13.1. The lowest BCUT2D eigenvalue weighted by Crippen LogP contribution is -2.26. The molecule has 3 rings (SSSR count). The van der Waals surface area contributed by atoms with E-state index in [-0.39, 0.29) is 22.4 Å². The summed E-state index contributed by atoms with van der Waals surface area (Å²) >= 11 is 1.41. The molecule has 7 heteroatoms. The normalized spacial score (nSPS) is 16.5. The second-order valence-electron chi connectivity index (χ2n) is 5.07. The van der Waals surface area contributed by atoms with Crippen LogP contribution in [-0.4, -0.2) is 17.1 Å². The van der Waals surface area contributed by atoms with Crippen molar-refractivity contribution in [3.63, 3.8) is 0 Å². The van der Waals surface area contributed by atoms with E-state index >= 15 is 0 Å². The molecule has 1 aliphatic heterocycles. The number of rotatable bonds is 2. The monoisotopic (exact) mass is 334 g/mol. The standard InChI is InChI=1S/C16H12F2N2O2S/c1-8-15(21)20-13-4-9(2-3-14(13)23-8)16(22)19-12-6-10(17)5-11(18)7-12/h2-8H,1H3,(H,19,22)(H,20,21). The summed E-state index contributed by atoms with van der Waals surface area (Å²) in [5, 5.41) is 4.96. The highest BCUT2D eigenvalue weighted by Gasteiger charge is 2.23. The van der Waals surface area contributed by atoms with E-state index in [0.29, 0.717) is 5.69 Å². The number of anilines is 2. The number of carbonyl (C=O) groups excluding carboxylic acids is 2. The Balaban J connectivity index is 1.83. The van der Waals surface area contributed by atoms with Crippen LogP contribution in [0.25, 0.3) is 0 Å². The van der Waals surface area contributed by atoms with E-state index in [1.807, 2.05) is 0 Å². The quantitative estimate of drug-likeness (QED) is 0.881.